The van der Waals surface area contributed by atoms with Gasteiger partial charge < -0.3 is 0 Å². The fourth-order valence-corrected chi connectivity index (χ4v) is 0.465. The molecule has 50 valence electrons. The minimum absolute atomic E-state index is 0.387. The average molecular weight is 191 g/mol. The van der Waals surface area contributed by atoms with E-state index >= 15 is 0 Å². The molecule has 0 saturated carbocycles. The highest BCUT2D eigenvalue weighted by atomic mass is 79.9. The molecule has 9 heavy (non-hydrogen) atoms. The zero-order valence-electron chi connectivity index (χ0n) is 5.25. The van der Waals surface area contributed by atoms with Gasteiger partial charge in [0.25, 0.3) is 0 Å². The number of hydrogen-bond donors (Lipinski definition) is 0. The first-order valence-electron chi connectivity index (χ1n) is 2.43. The first kappa shape index (κ1) is 8.63. The Labute approximate surface area is 62.9 Å². The van der Waals surface area contributed by atoms with Crippen LogP contribution in [0.4, 0.5) is 4.39 Å². The molecule has 0 unspecified atom stereocenters. The highest BCUT2D eigenvalue weighted by molar-refractivity contribution is 9.12. The Hall–Kier alpha value is -0.370. The topological polar surface area (TPSA) is 0 Å². The molecule has 0 aliphatic carbocycles. The Morgan fingerprint density at radius 3 is 2.22 bits per heavy atom. The molecule has 0 aromatic heterocycles. The molecule has 0 amide bonds. The Morgan fingerprint density at radius 2 is 2.11 bits per heavy atom. The quantitative estimate of drug-likeness (QED) is 0.587. The van der Waals surface area contributed by atoms with Crippen LogP contribution in [0.15, 0.2) is 35.1 Å². The minimum Gasteiger partial charge on any atom is -0.206 e. The summed E-state index contributed by atoms with van der Waals surface area (Å²) >= 11 is 3.00. The molecule has 0 rings (SSSR count). The molecule has 0 N–H and O–H groups in total. The molecule has 0 fully saturated rings. The van der Waals surface area contributed by atoms with Gasteiger partial charge >= 0.3 is 0 Å². The maximum atomic E-state index is 12.2. The van der Waals surface area contributed by atoms with E-state index in [0.29, 0.717) is 4.48 Å². The van der Waals surface area contributed by atoms with Crippen molar-refractivity contribution in [2.45, 2.75) is 6.92 Å². The van der Waals surface area contributed by atoms with Crippen LogP contribution in [0.25, 0.3) is 0 Å². The van der Waals surface area contributed by atoms with E-state index in [1.54, 1.807) is 13.0 Å². The Morgan fingerprint density at radius 1 is 1.67 bits per heavy atom. The number of halogens is 2. The lowest BCUT2D eigenvalue weighted by Gasteiger charge is -1.94. The van der Waals surface area contributed by atoms with Gasteiger partial charge in [0.05, 0.1) is 4.48 Å². The maximum absolute atomic E-state index is 12.2. The van der Waals surface area contributed by atoms with Gasteiger partial charge in [-0.05, 0) is 28.4 Å². The molecule has 0 bridgehead atoms. The smallest absolute Gasteiger partial charge is 0.130 e. The van der Waals surface area contributed by atoms with Crippen molar-refractivity contribution < 1.29 is 4.39 Å². The van der Waals surface area contributed by atoms with Crippen molar-refractivity contribution in [3.63, 3.8) is 0 Å². The van der Waals surface area contributed by atoms with Gasteiger partial charge in [-0.1, -0.05) is 19.2 Å². The number of hydrogen-bond acceptors (Lipinski definition) is 0. The van der Waals surface area contributed by atoms with Gasteiger partial charge in [-0.2, -0.15) is 0 Å². The molecule has 0 aromatic rings. The van der Waals surface area contributed by atoms with Crippen molar-refractivity contribution in [1.29, 1.82) is 0 Å². The van der Waals surface area contributed by atoms with Gasteiger partial charge in [-0.25, -0.2) is 4.39 Å². The van der Waals surface area contributed by atoms with E-state index < -0.39 is 5.83 Å². The van der Waals surface area contributed by atoms with Crippen molar-refractivity contribution >= 4 is 15.9 Å². The molecule has 0 aliphatic heterocycles. The molecule has 0 aliphatic rings. The second-order valence-corrected chi connectivity index (χ2v) is 2.40. The lowest BCUT2D eigenvalue weighted by Crippen LogP contribution is -1.74. The van der Waals surface area contributed by atoms with Gasteiger partial charge in [0.1, 0.15) is 5.83 Å². The third kappa shape index (κ3) is 2.61. The summed E-state index contributed by atoms with van der Waals surface area (Å²) in [5.41, 5.74) is 0.752. The van der Waals surface area contributed by atoms with Gasteiger partial charge in [-0.3, -0.25) is 0 Å². The molecule has 0 radical (unpaired) electrons. The zero-order chi connectivity index (χ0) is 7.44. The van der Waals surface area contributed by atoms with E-state index in [0.717, 1.165) is 5.57 Å². The van der Waals surface area contributed by atoms with E-state index in [4.69, 9.17) is 0 Å². The predicted molar refractivity (Wildman–Crippen MR) is 42.1 cm³/mol. The SMILES string of the molecule is C=C/C(C)=C(/Br)C(=C)F. The summed E-state index contributed by atoms with van der Waals surface area (Å²) < 4.78 is 12.6. The fraction of sp³-hybridized carbons (Fsp3) is 0.143. The highest BCUT2D eigenvalue weighted by Gasteiger charge is 1.97. The molecular weight excluding hydrogens is 183 g/mol. The van der Waals surface area contributed by atoms with E-state index in [1.807, 2.05) is 0 Å². The monoisotopic (exact) mass is 190 g/mol. The first-order valence-corrected chi connectivity index (χ1v) is 3.22. The Kier molecular flexibility index (Phi) is 3.47. The number of allylic oxidation sites excluding steroid dienone is 4. The van der Waals surface area contributed by atoms with E-state index in [1.165, 1.54) is 0 Å². The summed E-state index contributed by atoms with van der Waals surface area (Å²) in [4.78, 5) is 0. The molecule has 0 heterocycles. The molecule has 2 heteroatoms. The van der Waals surface area contributed by atoms with Crippen LogP contribution < -0.4 is 0 Å². The summed E-state index contributed by atoms with van der Waals surface area (Å²) in [6, 6.07) is 0. The summed E-state index contributed by atoms with van der Waals surface area (Å²) in [5, 5.41) is 0. The highest BCUT2D eigenvalue weighted by Crippen LogP contribution is 2.20. The lowest BCUT2D eigenvalue weighted by atomic mass is 10.3. The molecule has 0 spiro atoms. The Balaban J connectivity index is 4.47. The fourth-order valence-electron chi connectivity index (χ4n) is 0.304. The van der Waals surface area contributed by atoms with Crippen LogP contribution >= 0.6 is 15.9 Å². The summed E-state index contributed by atoms with van der Waals surface area (Å²) in [7, 11) is 0. The first-order chi connectivity index (χ1) is 4.09. The third-order valence-corrected chi connectivity index (χ3v) is 1.95. The predicted octanol–water partition coefficient (Wildman–Crippen LogP) is 3.32. The summed E-state index contributed by atoms with van der Waals surface area (Å²) in [6.07, 6.45) is 1.56. The standard InChI is InChI=1S/C7H8BrF/c1-4-5(2)7(8)6(3)9/h4H,1,3H2,2H3/b7-5+. The van der Waals surface area contributed by atoms with Crippen LogP contribution in [0, 0.1) is 0 Å². The second kappa shape index (κ2) is 3.62. The van der Waals surface area contributed by atoms with Crippen LogP contribution in [-0.4, -0.2) is 0 Å². The van der Waals surface area contributed by atoms with Crippen molar-refractivity contribution in [3.8, 4) is 0 Å². The minimum atomic E-state index is -0.465. The van der Waals surface area contributed by atoms with Gasteiger partial charge in [0.15, 0.2) is 0 Å². The second-order valence-electron chi connectivity index (χ2n) is 1.61. The van der Waals surface area contributed by atoms with E-state index in [-0.39, 0.29) is 0 Å². The van der Waals surface area contributed by atoms with Gasteiger partial charge in [-0.15, -0.1) is 0 Å². The van der Waals surface area contributed by atoms with Crippen molar-refractivity contribution in [3.05, 3.63) is 35.1 Å². The molecule has 0 nitrogen and oxygen atoms in total. The van der Waals surface area contributed by atoms with E-state index in [2.05, 4.69) is 29.1 Å². The van der Waals surface area contributed by atoms with Crippen molar-refractivity contribution in [1.82, 2.24) is 0 Å². The van der Waals surface area contributed by atoms with Crippen LogP contribution in [0.2, 0.25) is 0 Å². The Bertz CT molecular complexity index is 168. The largest absolute Gasteiger partial charge is 0.206 e. The van der Waals surface area contributed by atoms with Gasteiger partial charge in [0.2, 0.25) is 0 Å². The average Bonchev–Trinajstić information content (AvgIpc) is 1.84. The van der Waals surface area contributed by atoms with E-state index in [9.17, 15) is 4.39 Å². The summed E-state index contributed by atoms with van der Waals surface area (Å²) in [6.45, 7) is 8.33. The van der Waals surface area contributed by atoms with Crippen LogP contribution in [0.1, 0.15) is 6.92 Å². The van der Waals surface area contributed by atoms with Crippen LogP contribution in [-0.2, 0) is 0 Å². The van der Waals surface area contributed by atoms with Crippen LogP contribution in [0.5, 0.6) is 0 Å². The third-order valence-electron chi connectivity index (χ3n) is 0.891. The van der Waals surface area contributed by atoms with Crippen molar-refractivity contribution in [2.24, 2.45) is 0 Å². The summed E-state index contributed by atoms with van der Waals surface area (Å²) in [5.74, 6) is -0.465. The zero-order valence-corrected chi connectivity index (χ0v) is 6.83. The number of rotatable bonds is 2. The molecular formula is C7H8BrF. The van der Waals surface area contributed by atoms with Crippen LogP contribution in [0.3, 0.4) is 0 Å². The molecule has 0 aromatic carbocycles. The lowest BCUT2D eigenvalue weighted by molar-refractivity contribution is 0.667. The molecule has 0 saturated heterocycles. The van der Waals surface area contributed by atoms with Crippen molar-refractivity contribution in [2.75, 3.05) is 0 Å². The molecule has 0 atom stereocenters. The maximum Gasteiger partial charge on any atom is 0.130 e. The van der Waals surface area contributed by atoms with Gasteiger partial charge in [0, 0.05) is 0 Å². The normalized spacial score (nSPS) is 12.3.